The van der Waals surface area contributed by atoms with E-state index >= 15 is 0 Å². The summed E-state index contributed by atoms with van der Waals surface area (Å²) in [5, 5.41) is 3.89. The molecule has 0 atom stereocenters. The van der Waals surface area contributed by atoms with Crippen LogP contribution in [0.3, 0.4) is 0 Å². The van der Waals surface area contributed by atoms with Crippen molar-refractivity contribution in [3.8, 4) is 0 Å². The van der Waals surface area contributed by atoms with Crippen molar-refractivity contribution in [2.24, 2.45) is 7.05 Å². The van der Waals surface area contributed by atoms with Gasteiger partial charge in [0.1, 0.15) is 5.52 Å². The zero-order valence-electron chi connectivity index (χ0n) is 6.68. The number of aromatic nitrogens is 2. The fourth-order valence-electron chi connectivity index (χ4n) is 1.19. The molecule has 0 saturated heterocycles. The Morgan fingerprint density at radius 3 is 2.77 bits per heavy atom. The summed E-state index contributed by atoms with van der Waals surface area (Å²) in [7, 11) is 1.43. The largest absolute Gasteiger partial charge is 0.242 e. The lowest BCUT2D eigenvalue weighted by Crippen LogP contribution is -1.92. The molecule has 68 valence electrons. The van der Waals surface area contributed by atoms with Crippen molar-refractivity contribution >= 4 is 26.8 Å². The summed E-state index contributed by atoms with van der Waals surface area (Å²) in [6, 6.07) is 2.76. The Bertz CT molecular complexity index is 478. The second-order valence-corrected chi connectivity index (χ2v) is 3.61. The van der Waals surface area contributed by atoms with Crippen LogP contribution in [-0.4, -0.2) is 9.78 Å². The van der Waals surface area contributed by atoms with E-state index < -0.39 is 11.8 Å². The van der Waals surface area contributed by atoms with Gasteiger partial charge in [0.15, 0.2) is 5.82 Å². The number of hydrogen-bond acceptors (Lipinski definition) is 1. The third kappa shape index (κ3) is 1.23. The summed E-state index contributed by atoms with van der Waals surface area (Å²) in [6.07, 6.45) is 0. The van der Waals surface area contributed by atoms with E-state index in [0.717, 1.165) is 4.68 Å². The number of fused-ring (bicyclic) bond motifs is 1. The minimum atomic E-state index is -0.532. The quantitative estimate of drug-likeness (QED) is 0.699. The standard InChI is InChI=1S/C8H5BrF2N2/c1-13-8(11)5-2-4(9)3-6(10)7(5)12-13/h2-3H,1H3. The van der Waals surface area contributed by atoms with Crippen molar-refractivity contribution in [3.05, 3.63) is 28.4 Å². The molecule has 0 aliphatic heterocycles. The summed E-state index contributed by atoms with van der Waals surface area (Å²) in [5.74, 6) is -1.06. The molecule has 0 spiro atoms. The number of rotatable bonds is 0. The topological polar surface area (TPSA) is 17.8 Å². The minimum Gasteiger partial charge on any atom is -0.242 e. The Hall–Kier alpha value is -0.970. The van der Waals surface area contributed by atoms with E-state index in [0.29, 0.717) is 4.47 Å². The maximum absolute atomic E-state index is 13.2. The Morgan fingerprint density at radius 2 is 2.08 bits per heavy atom. The van der Waals surface area contributed by atoms with Crippen LogP contribution in [0.2, 0.25) is 0 Å². The second kappa shape index (κ2) is 2.77. The maximum Gasteiger partial charge on any atom is 0.219 e. The first-order valence-electron chi connectivity index (χ1n) is 3.57. The molecule has 1 aromatic heterocycles. The summed E-state index contributed by atoms with van der Waals surface area (Å²) < 4.78 is 27.9. The Morgan fingerprint density at radius 1 is 1.38 bits per heavy atom. The van der Waals surface area contributed by atoms with Gasteiger partial charge >= 0.3 is 0 Å². The SMILES string of the molecule is Cn1nc2c(F)cc(Br)cc2c1F. The molecule has 2 rings (SSSR count). The van der Waals surface area contributed by atoms with E-state index in [1.165, 1.54) is 19.2 Å². The third-order valence-corrected chi connectivity index (χ3v) is 2.24. The molecule has 13 heavy (non-hydrogen) atoms. The van der Waals surface area contributed by atoms with Crippen LogP contribution in [0, 0.1) is 11.8 Å². The molecular weight excluding hydrogens is 242 g/mol. The van der Waals surface area contributed by atoms with E-state index in [1.54, 1.807) is 0 Å². The molecule has 0 amide bonds. The smallest absolute Gasteiger partial charge is 0.219 e. The molecule has 1 aromatic carbocycles. The highest BCUT2D eigenvalue weighted by Gasteiger charge is 2.12. The molecule has 0 aliphatic rings. The van der Waals surface area contributed by atoms with Gasteiger partial charge in [-0.15, -0.1) is 0 Å². The lowest BCUT2D eigenvalue weighted by Gasteiger charge is -1.91. The number of benzene rings is 1. The molecule has 2 nitrogen and oxygen atoms in total. The highest BCUT2D eigenvalue weighted by atomic mass is 79.9. The maximum atomic E-state index is 13.2. The molecule has 0 unspecified atom stereocenters. The van der Waals surface area contributed by atoms with Crippen LogP contribution in [-0.2, 0) is 7.05 Å². The van der Waals surface area contributed by atoms with Crippen LogP contribution in [0.5, 0.6) is 0 Å². The van der Waals surface area contributed by atoms with Gasteiger partial charge in [0, 0.05) is 11.5 Å². The lowest BCUT2D eigenvalue weighted by molar-refractivity contribution is 0.511. The molecule has 0 N–H and O–H groups in total. The van der Waals surface area contributed by atoms with Crippen molar-refractivity contribution in [2.45, 2.75) is 0 Å². The molecule has 0 radical (unpaired) electrons. The number of nitrogens with zero attached hydrogens (tertiary/aromatic N) is 2. The van der Waals surface area contributed by atoms with Crippen LogP contribution in [0.4, 0.5) is 8.78 Å². The monoisotopic (exact) mass is 246 g/mol. The van der Waals surface area contributed by atoms with Gasteiger partial charge in [0.05, 0.1) is 5.39 Å². The van der Waals surface area contributed by atoms with E-state index in [9.17, 15) is 8.78 Å². The van der Waals surface area contributed by atoms with Crippen molar-refractivity contribution < 1.29 is 8.78 Å². The van der Waals surface area contributed by atoms with E-state index in [-0.39, 0.29) is 10.9 Å². The van der Waals surface area contributed by atoms with Crippen LogP contribution >= 0.6 is 15.9 Å². The first-order chi connectivity index (χ1) is 6.09. The lowest BCUT2D eigenvalue weighted by atomic mass is 10.2. The third-order valence-electron chi connectivity index (χ3n) is 1.78. The van der Waals surface area contributed by atoms with Crippen molar-refractivity contribution in [3.63, 3.8) is 0 Å². The summed E-state index contributed by atoms with van der Waals surface area (Å²) >= 11 is 3.08. The predicted octanol–water partition coefficient (Wildman–Crippen LogP) is 2.61. The fraction of sp³-hybridized carbons (Fsp3) is 0.125. The first-order valence-corrected chi connectivity index (χ1v) is 4.36. The predicted molar refractivity (Wildman–Crippen MR) is 48.3 cm³/mol. The molecule has 0 fully saturated rings. The average molecular weight is 247 g/mol. The first kappa shape index (κ1) is 8.62. The molecular formula is C8H5BrF2N2. The van der Waals surface area contributed by atoms with Crippen molar-refractivity contribution in [1.82, 2.24) is 9.78 Å². The summed E-state index contributed by atoms with van der Waals surface area (Å²) in [5.41, 5.74) is 0.0585. The highest BCUT2D eigenvalue weighted by molar-refractivity contribution is 9.10. The van der Waals surface area contributed by atoms with E-state index in [1.807, 2.05) is 0 Å². The average Bonchev–Trinajstić information content (AvgIpc) is 2.32. The molecule has 5 heteroatoms. The van der Waals surface area contributed by atoms with Gasteiger partial charge in [-0.3, -0.25) is 0 Å². The molecule has 0 bridgehead atoms. The number of hydrogen-bond donors (Lipinski definition) is 0. The van der Waals surface area contributed by atoms with E-state index in [2.05, 4.69) is 21.0 Å². The van der Waals surface area contributed by atoms with Gasteiger partial charge in [-0.25, -0.2) is 9.07 Å². The second-order valence-electron chi connectivity index (χ2n) is 2.70. The highest BCUT2D eigenvalue weighted by Crippen LogP contribution is 2.24. The van der Waals surface area contributed by atoms with Gasteiger partial charge < -0.3 is 0 Å². The van der Waals surface area contributed by atoms with Gasteiger partial charge in [0.25, 0.3) is 0 Å². The van der Waals surface area contributed by atoms with Gasteiger partial charge in [0.2, 0.25) is 5.95 Å². The molecule has 2 aromatic rings. The Kier molecular flexibility index (Phi) is 1.83. The molecule has 0 saturated carbocycles. The zero-order chi connectivity index (χ0) is 9.59. The molecule has 0 aliphatic carbocycles. The fourth-order valence-corrected chi connectivity index (χ4v) is 1.62. The van der Waals surface area contributed by atoms with Crippen molar-refractivity contribution in [1.29, 1.82) is 0 Å². The van der Waals surface area contributed by atoms with Crippen LogP contribution in [0.1, 0.15) is 0 Å². The van der Waals surface area contributed by atoms with Gasteiger partial charge in [-0.05, 0) is 12.1 Å². The molecule has 1 heterocycles. The Labute approximate surface area is 81.3 Å². The van der Waals surface area contributed by atoms with Gasteiger partial charge in [-0.2, -0.15) is 9.49 Å². The minimum absolute atomic E-state index is 0.0585. The zero-order valence-corrected chi connectivity index (χ0v) is 8.27. The summed E-state index contributed by atoms with van der Waals surface area (Å²) in [4.78, 5) is 0. The van der Waals surface area contributed by atoms with Crippen LogP contribution in [0.15, 0.2) is 16.6 Å². The van der Waals surface area contributed by atoms with E-state index in [4.69, 9.17) is 0 Å². The normalized spacial score (nSPS) is 11.1. The number of aryl methyl sites for hydroxylation is 1. The van der Waals surface area contributed by atoms with Crippen LogP contribution < -0.4 is 0 Å². The van der Waals surface area contributed by atoms with Gasteiger partial charge in [-0.1, -0.05) is 15.9 Å². The van der Waals surface area contributed by atoms with Crippen LogP contribution in [0.25, 0.3) is 10.9 Å². The summed E-state index contributed by atoms with van der Waals surface area (Å²) in [6.45, 7) is 0. The number of halogens is 3. The Balaban J connectivity index is 2.94. The van der Waals surface area contributed by atoms with Crippen molar-refractivity contribution in [2.75, 3.05) is 0 Å².